The number of carbonyl (C=O) groups excluding carboxylic acids is 1. The van der Waals surface area contributed by atoms with Crippen LogP contribution in [-0.4, -0.2) is 25.5 Å². The molecule has 1 N–H and O–H groups in total. The van der Waals surface area contributed by atoms with Gasteiger partial charge in [0.15, 0.2) is 0 Å². The van der Waals surface area contributed by atoms with E-state index in [-0.39, 0.29) is 5.91 Å². The number of halogens is 2. The third-order valence-corrected chi connectivity index (χ3v) is 4.88. The summed E-state index contributed by atoms with van der Waals surface area (Å²) in [5.74, 6) is 0.178. The normalized spacial score (nSPS) is 13.2. The predicted octanol–water partition coefficient (Wildman–Crippen LogP) is 4.10. The fourth-order valence-electron chi connectivity index (χ4n) is 3.00. The molecule has 0 spiro atoms. The van der Waals surface area contributed by atoms with Gasteiger partial charge in [-0.1, -0.05) is 47.5 Å². The molecular weight excluding hydrogens is 343 g/mol. The van der Waals surface area contributed by atoms with Gasteiger partial charge in [0, 0.05) is 35.2 Å². The lowest BCUT2D eigenvalue weighted by atomic mass is 10.1. The zero-order valence-corrected chi connectivity index (χ0v) is 14.9. The Labute approximate surface area is 152 Å². The molecule has 24 heavy (non-hydrogen) atoms. The van der Waals surface area contributed by atoms with Crippen LogP contribution >= 0.6 is 23.2 Å². The molecule has 0 unspecified atom stereocenters. The van der Waals surface area contributed by atoms with Crippen LogP contribution in [-0.2, 0) is 17.6 Å². The standard InChI is InChI=1S/C19H20Cl2N2O/c20-16-6-5-14(17(21)13-16)7-10-22-11-8-19(24)23-12-9-15-3-1-2-4-18(15)23/h1-6,13,22H,7-12H2. The molecule has 3 rings (SSSR count). The number of rotatable bonds is 6. The number of fused-ring (bicyclic) bond motifs is 1. The molecular formula is C19H20Cl2N2O. The van der Waals surface area contributed by atoms with Gasteiger partial charge in [-0.15, -0.1) is 0 Å². The van der Waals surface area contributed by atoms with Gasteiger partial charge in [0.05, 0.1) is 0 Å². The number of anilines is 1. The molecule has 0 bridgehead atoms. The third kappa shape index (κ3) is 4.10. The molecule has 1 aliphatic heterocycles. The van der Waals surface area contributed by atoms with Crippen LogP contribution in [0.1, 0.15) is 17.5 Å². The number of hydrogen-bond donors (Lipinski definition) is 1. The lowest BCUT2D eigenvalue weighted by Gasteiger charge is -2.17. The maximum Gasteiger partial charge on any atom is 0.228 e. The van der Waals surface area contributed by atoms with E-state index in [0.717, 1.165) is 37.2 Å². The summed E-state index contributed by atoms with van der Waals surface area (Å²) < 4.78 is 0. The van der Waals surface area contributed by atoms with Crippen LogP contribution in [0.15, 0.2) is 42.5 Å². The van der Waals surface area contributed by atoms with E-state index in [0.29, 0.717) is 23.0 Å². The summed E-state index contributed by atoms with van der Waals surface area (Å²) in [6.07, 6.45) is 2.27. The summed E-state index contributed by atoms with van der Waals surface area (Å²) in [4.78, 5) is 14.3. The van der Waals surface area contributed by atoms with Crippen LogP contribution in [0.3, 0.4) is 0 Å². The van der Waals surface area contributed by atoms with Crippen molar-refractivity contribution in [3.63, 3.8) is 0 Å². The van der Waals surface area contributed by atoms with Crippen LogP contribution in [0.2, 0.25) is 10.0 Å². The van der Waals surface area contributed by atoms with Crippen LogP contribution in [0, 0.1) is 0 Å². The van der Waals surface area contributed by atoms with Crippen molar-refractivity contribution in [2.75, 3.05) is 24.5 Å². The molecule has 1 heterocycles. The lowest BCUT2D eigenvalue weighted by Crippen LogP contribution is -2.32. The Morgan fingerprint density at radius 3 is 2.79 bits per heavy atom. The molecule has 0 aliphatic carbocycles. The summed E-state index contributed by atoms with van der Waals surface area (Å²) in [7, 11) is 0. The number of carbonyl (C=O) groups is 1. The lowest BCUT2D eigenvalue weighted by molar-refractivity contribution is -0.118. The molecule has 0 atom stereocenters. The van der Waals surface area contributed by atoms with Gasteiger partial charge in [-0.05, 0) is 48.7 Å². The van der Waals surface area contributed by atoms with Crippen LogP contribution < -0.4 is 10.2 Å². The van der Waals surface area contributed by atoms with Crippen LogP contribution in [0.4, 0.5) is 5.69 Å². The zero-order chi connectivity index (χ0) is 16.9. The zero-order valence-electron chi connectivity index (χ0n) is 13.4. The molecule has 2 aromatic carbocycles. The molecule has 0 fully saturated rings. The molecule has 0 radical (unpaired) electrons. The highest BCUT2D eigenvalue weighted by molar-refractivity contribution is 6.35. The SMILES string of the molecule is O=C(CCNCCc1ccc(Cl)cc1Cl)N1CCc2ccccc21. The fourth-order valence-corrected chi connectivity index (χ4v) is 3.50. The summed E-state index contributed by atoms with van der Waals surface area (Å²) >= 11 is 12.0. The van der Waals surface area contributed by atoms with Gasteiger partial charge in [-0.3, -0.25) is 4.79 Å². The first-order valence-electron chi connectivity index (χ1n) is 8.18. The number of nitrogens with zero attached hydrogens (tertiary/aromatic N) is 1. The first-order valence-corrected chi connectivity index (χ1v) is 8.93. The van der Waals surface area contributed by atoms with Gasteiger partial charge in [-0.2, -0.15) is 0 Å². The molecule has 1 aliphatic rings. The quantitative estimate of drug-likeness (QED) is 0.784. The number of amides is 1. The smallest absolute Gasteiger partial charge is 0.228 e. The number of para-hydroxylation sites is 1. The average Bonchev–Trinajstić information content (AvgIpc) is 3.00. The molecule has 3 nitrogen and oxygen atoms in total. The third-order valence-electron chi connectivity index (χ3n) is 4.29. The molecule has 0 saturated heterocycles. The van der Waals surface area contributed by atoms with Gasteiger partial charge >= 0.3 is 0 Å². The summed E-state index contributed by atoms with van der Waals surface area (Å²) in [6, 6.07) is 13.7. The molecule has 5 heteroatoms. The fraction of sp³-hybridized carbons (Fsp3) is 0.316. The maximum atomic E-state index is 12.4. The molecule has 0 aromatic heterocycles. The number of hydrogen-bond acceptors (Lipinski definition) is 2. The summed E-state index contributed by atoms with van der Waals surface area (Å²) in [5, 5.41) is 4.65. The van der Waals surface area contributed by atoms with E-state index in [2.05, 4.69) is 11.4 Å². The number of nitrogens with one attached hydrogen (secondary N) is 1. The van der Waals surface area contributed by atoms with Gasteiger partial charge in [0.25, 0.3) is 0 Å². The Hall–Kier alpha value is -1.55. The minimum Gasteiger partial charge on any atom is -0.316 e. The van der Waals surface area contributed by atoms with Gasteiger partial charge in [-0.25, -0.2) is 0 Å². The van der Waals surface area contributed by atoms with Crippen molar-refractivity contribution in [3.8, 4) is 0 Å². The average molecular weight is 363 g/mol. The van der Waals surface area contributed by atoms with E-state index in [4.69, 9.17) is 23.2 Å². The van der Waals surface area contributed by atoms with Crippen LogP contribution in [0.5, 0.6) is 0 Å². The Morgan fingerprint density at radius 2 is 1.96 bits per heavy atom. The summed E-state index contributed by atoms with van der Waals surface area (Å²) in [5.41, 5.74) is 3.39. The Bertz CT molecular complexity index is 733. The maximum absolute atomic E-state index is 12.4. The van der Waals surface area contributed by atoms with Crippen molar-refractivity contribution in [3.05, 3.63) is 63.6 Å². The minimum absolute atomic E-state index is 0.178. The Kier molecular flexibility index (Phi) is 5.77. The van der Waals surface area contributed by atoms with Crippen molar-refractivity contribution >= 4 is 34.8 Å². The topological polar surface area (TPSA) is 32.3 Å². The predicted molar refractivity (Wildman–Crippen MR) is 100 cm³/mol. The van der Waals surface area contributed by atoms with E-state index >= 15 is 0 Å². The molecule has 126 valence electrons. The van der Waals surface area contributed by atoms with Crippen molar-refractivity contribution in [1.29, 1.82) is 0 Å². The van der Waals surface area contributed by atoms with Crippen molar-refractivity contribution in [1.82, 2.24) is 5.32 Å². The second-order valence-corrected chi connectivity index (χ2v) is 6.75. The van der Waals surface area contributed by atoms with Gasteiger partial charge < -0.3 is 10.2 Å². The highest BCUT2D eigenvalue weighted by Gasteiger charge is 2.23. The highest BCUT2D eigenvalue weighted by Crippen LogP contribution is 2.27. The van der Waals surface area contributed by atoms with Gasteiger partial charge in [0.2, 0.25) is 5.91 Å². The Morgan fingerprint density at radius 1 is 1.12 bits per heavy atom. The van der Waals surface area contributed by atoms with Crippen molar-refractivity contribution < 1.29 is 4.79 Å². The van der Waals surface area contributed by atoms with Crippen molar-refractivity contribution in [2.24, 2.45) is 0 Å². The van der Waals surface area contributed by atoms with E-state index < -0.39 is 0 Å². The van der Waals surface area contributed by atoms with Crippen molar-refractivity contribution in [2.45, 2.75) is 19.3 Å². The van der Waals surface area contributed by atoms with Gasteiger partial charge in [0.1, 0.15) is 0 Å². The highest BCUT2D eigenvalue weighted by atomic mass is 35.5. The Balaban J connectivity index is 1.42. The van der Waals surface area contributed by atoms with E-state index in [9.17, 15) is 4.79 Å². The minimum atomic E-state index is 0.178. The first-order chi connectivity index (χ1) is 11.6. The first kappa shape index (κ1) is 17.3. The van der Waals surface area contributed by atoms with E-state index in [1.807, 2.05) is 35.2 Å². The monoisotopic (exact) mass is 362 g/mol. The summed E-state index contributed by atoms with van der Waals surface area (Å²) in [6.45, 7) is 2.24. The second-order valence-electron chi connectivity index (χ2n) is 5.91. The second kappa shape index (κ2) is 8.02. The molecule has 0 saturated carbocycles. The van der Waals surface area contributed by atoms with E-state index in [1.54, 1.807) is 6.07 Å². The largest absolute Gasteiger partial charge is 0.316 e. The number of benzene rings is 2. The molecule has 1 amide bonds. The molecule has 2 aromatic rings. The van der Waals surface area contributed by atoms with E-state index in [1.165, 1.54) is 5.56 Å². The van der Waals surface area contributed by atoms with Crippen LogP contribution in [0.25, 0.3) is 0 Å².